The molecule has 0 bridgehead atoms. The summed E-state index contributed by atoms with van der Waals surface area (Å²) in [5.41, 5.74) is 0. The molecule has 2 rings (SSSR count). The van der Waals surface area contributed by atoms with Gasteiger partial charge in [0.15, 0.2) is 0 Å². The number of hydrogen-bond acceptors (Lipinski definition) is 3. The monoisotopic (exact) mass is 255 g/mol. The fraction of sp³-hybridized carbons (Fsp3) is 0.929. The van der Waals surface area contributed by atoms with Crippen LogP contribution in [0.25, 0.3) is 0 Å². The molecule has 0 aromatic rings. The molecule has 2 fully saturated rings. The second-order valence-electron chi connectivity index (χ2n) is 5.57. The normalized spacial score (nSPS) is 25.6. The van der Waals surface area contributed by atoms with Gasteiger partial charge in [0.25, 0.3) is 0 Å². The topological polar surface area (TPSA) is 49.8 Å². The van der Waals surface area contributed by atoms with Gasteiger partial charge in [-0.15, -0.1) is 0 Å². The maximum atomic E-state index is 11.1. The molecule has 4 nitrogen and oxygen atoms in total. The molecular weight excluding hydrogens is 230 g/mol. The lowest BCUT2D eigenvalue weighted by Gasteiger charge is -2.38. The Labute approximate surface area is 109 Å². The van der Waals surface area contributed by atoms with Crippen LogP contribution in [0.1, 0.15) is 44.9 Å². The molecular formula is C14H25NO3. The van der Waals surface area contributed by atoms with Gasteiger partial charge in [-0.3, -0.25) is 9.69 Å². The third-order valence-corrected chi connectivity index (χ3v) is 4.34. The largest absolute Gasteiger partial charge is 0.481 e. The van der Waals surface area contributed by atoms with Gasteiger partial charge in [-0.05, 0) is 18.8 Å². The lowest BCUT2D eigenvalue weighted by molar-refractivity contribution is -0.139. The minimum atomic E-state index is -0.657. The van der Waals surface area contributed by atoms with E-state index in [4.69, 9.17) is 9.84 Å². The maximum Gasteiger partial charge on any atom is 0.304 e. The molecule has 1 N–H and O–H groups in total. The molecule has 0 amide bonds. The maximum absolute atomic E-state index is 11.1. The van der Waals surface area contributed by atoms with Crippen molar-refractivity contribution in [3.63, 3.8) is 0 Å². The highest BCUT2D eigenvalue weighted by Gasteiger charge is 2.30. The summed E-state index contributed by atoms with van der Waals surface area (Å²) in [6.45, 7) is 3.30. The zero-order valence-electron chi connectivity index (χ0n) is 11.1. The molecule has 2 aliphatic rings. The van der Waals surface area contributed by atoms with Crippen LogP contribution in [0.2, 0.25) is 0 Å². The zero-order valence-corrected chi connectivity index (χ0v) is 11.1. The van der Waals surface area contributed by atoms with E-state index in [0.717, 1.165) is 26.3 Å². The van der Waals surface area contributed by atoms with Gasteiger partial charge in [-0.25, -0.2) is 0 Å². The average Bonchev–Trinajstić information content (AvgIpc) is 2.65. The third-order valence-electron chi connectivity index (χ3n) is 4.34. The van der Waals surface area contributed by atoms with E-state index in [1.807, 2.05) is 0 Å². The van der Waals surface area contributed by atoms with E-state index in [1.54, 1.807) is 0 Å². The van der Waals surface area contributed by atoms with Gasteiger partial charge < -0.3 is 9.84 Å². The Bertz CT molecular complexity index is 256. The number of nitrogens with zero attached hydrogens (tertiary/aromatic N) is 1. The van der Waals surface area contributed by atoms with Gasteiger partial charge >= 0.3 is 5.97 Å². The highest BCUT2D eigenvalue weighted by Crippen LogP contribution is 2.30. The molecule has 0 spiro atoms. The van der Waals surface area contributed by atoms with Gasteiger partial charge in [0.05, 0.1) is 19.6 Å². The molecule has 1 heterocycles. The van der Waals surface area contributed by atoms with Crippen LogP contribution >= 0.6 is 0 Å². The molecule has 0 aromatic heterocycles. The van der Waals surface area contributed by atoms with E-state index < -0.39 is 5.97 Å². The molecule has 0 radical (unpaired) electrons. The summed E-state index contributed by atoms with van der Waals surface area (Å²) in [4.78, 5) is 13.5. The lowest BCUT2D eigenvalue weighted by atomic mass is 9.88. The lowest BCUT2D eigenvalue weighted by Crippen LogP contribution is -2.47. The predicted octanol–water partition coefficient (Wildman–Crippen LogP) is 2.13. The van der Waals surface area contributed by atoms with E-state index in [-0.39, 0.29) is 6.04 Å². The van der Waals surface area contributed by atoms with Crippen molar-refractivity contribution in [2.45, 2.75) is 51.0 Å². The van der Waals surface area contributed by atoms with Crippen molar-refractivity contribution in [2.24, 2.45) is 5.92 Å². The zero-order chi connectivity index (χ0) is 12.8. The first-order chi connectivity index (χ1) is 8.77. The van der Waals surface area contributed by atoms with Crippen molar-refractivity contribution >= 4 is 5.97 Å². The van der Waals surface area contributed by atoms with Gasteiger partial charge in [-0.1, -0.05) is 25.7 Å². The Kier molecular flexibility index (Phi) is 5.45. The standard InChI is InChI=1S/C14H25NO3/c16-14(17)11-13(15-7-9-18-10-8-15)12-5-3-1-2-4-6-12/h12-13H,1-11H2,(H,16,17). The van der Waals surface area contributed by atoms with Gasteiger partial charge in [0.1, 0.15) is 0 Å². The molecule has 18 heavy (non-hydrogen) atoms. The first-order valence-electron chi connectivity index (χ1n) is 7.31. The van der Waals surface area contributed by atoms with Crippen molar-refractivity contribution < 1.29 is 14.6 Å². The van der Waals surface area contributed by atoms with E-state index in [1.165, 1.54) is 38.5 Å². The number of aliphatic carboxylic acids is 1. The van der Waals surface area contributed by atoms with Crippen LogP contribution in [0.5, 0.6) is 0 Å². The smallest absolute Gasteiger partial charge is 0.304 e. The summed E-state index contributed by atoms with van der Waals surface area (Å²) in [6, 6.07) is 0.226. The number of morpholine rings is 1. The SMILES string of the molecule is O=C(O)CC(C1CCCCCC1)N1CCOCC1. The molecule has 1 aliphatic carbocycles. The van der Waals surface area contributed by atoms with Crippen molar-refractivity contribution in [3.8, 4) is 0 Å². The van der Waals surface area contributed by atoms with Crippen LogP contribution in [0.3, 0.4) is 0 Å². The molecule has 1 unspecified atom stereocenters. The van der Waals surface area contributed by atoms with Crippen molar-refractivity contribution in [3.05, 3.63) is 0 Å². The summed E-state index contributed by atoms with van der Waals surface area (Å²) >= 11 is 0. The molecule has 1 saturated heterocycles. The average molecular weight is 255 g/mol. The third kappa shape index (κ3) is 3.95. The second-order valence-corrected chi connectivity index (χ2v) is 5.57. The minimum absolute atomic E-state index is 0.226. The molecule has 1 aliphatic heterocycles. The number of carbonyl (C=O) groups is 1. The molecule has 4 heteroatoms. The van der Waals surface area contributed by atoms with Gasteiger partial charge in [-0.2, -0.15) is 0 Å². The number of carboxylic acid groups (broad SMARTS) is 1. The predicted molar refractivity (Wildman–Crippen MR) is 69.6 cm³/mol. The van der Waals surface area contributed by atoms with Crippen LogP contribution < -0.4 is 0 Å². The molecule has 1 saturated carbocycles. The molecule has 1 atom stereocenters. The van der Waals surface area contributed by atoms with Gasteiger partial charge in [0, 0.05) is 19.1 Å². The van der Waals surface area contributed by atoms with Crippen LogP contribution in [-0.2, 0) is 9.53 Å². The minimum Gasteiger partial charge on any atom is -0.481 e. The van der Waals surface area contributed by atoms with Crippen LogP contribution in [0.4, 0.5) is 0 Å². The van der Waals surface area contributed by atoms with E-state index >= 15 is 0 Å². The number of ether oxygens (including phenoxy) is 1. The Morgan fingerprint density at radius 3 is 2.33 bits per heavy atom. The summed E-state index contributed by atoms with van der Waals surface area (Å²) in [6.07, 6.45) is 7.88. The highest BCUT2D eigenvalue weighted by molar-refractivity contribution is 5.67. The van der Waals surface area contributed by atoms with Crippen molar-refractivity contribution in [2.75, 3.05) is 26.3 Å². The van der Waals surface area contributed by atoms with Crippen LogP contribution in [0.15, 0.2) is 0 Å². The highest BCUT2D eigenvalue weighted by atomic mass is 16.5. The Balaban J connectivity index is 1.99. The first-order valence-corrected chi connectivity index (χ1v) is 7.31. The fourth-order valence-electron chi connectivity index (χ4n) is 3.38. The van der Waals surface area contributed by atoms with Crippen molar-refractivity contribution in [1.29, 1.82) is 0 Å². The summed E-state index contributed by atoms with van der Waals surface area (Å²) in [5.74, 6) is -0.0857. The number of hydrogen-bond donors (Lipinski definition) is 1. The van der Waals surface area contributed by atoms with Crippen molar-refractivity contribution in [1.82, 2.24) is 4.90 Å². The first kappa shape index (κ1) is 13.8. The number of carboxylic acids is 1. The Morgan fingerprint density at radius 1 is 1.17 bits per heavy atom. The van der Waals surface area contributed by atoms with E-state index in [0.29, 0.717) is 12.3 Å². The molecule has 0 aromatic carbocycles. The van der Waals surface area contributed by atoms with Gasteiger partial charge in [0.2, 0.25) is 0 Å². The van der Waals surface area contributed by atoms with Crippen LogP contribution in [0, 0.1) is 5.92 Å². The van der Waals surface area contributed by atoms with Crippen LogP contribution in [-0.4, -0.2) is 48.3 Å². The summed E-state index contributed by atoms with van der Waals surface area (Å²) in [7, 11) is 0. The number of rotatable bonds is 4. The summed E-state index contributed by atoms with van der Waals surface area (Å²) in [5, 5.41) is 9.16. The van der Waals surface area contributed by atoms with E-state index in [2.05, 4.69) is 4.90 Å². The molecule has 104 valence electrons. The fourth-order valence-corrected chi connectivity index (χ4v) is 3.38. The Morgan fingerprint density at radius 2 is 1.78 bits per heavy atom. The second kappa shape index (κ2) is 7.10. The van der Waals surface area contributed by atoms with E-state index in [9.17, 15) is 4.79 Å². The summed E-state index contributed by atoms with van der Waals surface area (Å²) < 4.78 is 5.38. The quantitative estimate of drug-likeness (QED) is 0.782. The Hall–Kier alpha value is -0.610.